The predicted octanol–water partition coefficient (Wildman–Crippen LogP) is 7.92. The standard InChI is InChI=1S/C51H58N2O12/c1-60-45(54)29-23-37-19-25-39(26-20-37)47(56)62-31-11-3-5-13-33-64-49(58)51(35-41-15-7-9-17-43(41)52,36-42-16-8-10-18-44(42)53)50(59)65-34-14-6-4-12-32-63-48(57)40-27-21-38(22-28-40)24-30-46(55)61-2/h7-10,15-30H,3-6,11-14,31-36,52-53H2,1-2H3/b29-23+,30-24+. The number of methoxy groups -OCH3 is 2. The number of nitrogen functional groups attached to an aromatic ring is 2. The van der Waals surface area contributed by atoms with Gasteiger partial charge in [0, 0.05) is 36.4 Å². The summed E-state index contributed by atoms with van der Waals surface area (Å²) in [5.74, 6) is -3.38. The number of carbonyl (C=O) groups is 6. The fourth-order valence-corrected chi connectivity index (χ4v) is 6.62. The summed E-state index contributed by atoms with van der Waals surface area (Å²) in [6.45, 7) is 0.502. The highest BCUT2D eigenvalue weighted by Gasteiger charge is 2.50. The summed E-state index contributed by atoms with van der Waals surface area (Å²) < 4.78 is 31.7. The first-order valence-electron chi connectivity index (χ1n) is 21.5. The van der Waals surface area contributed by atoms with E-state index in [0.29, 0.717) is 85.0 Å². The van der Waals surface area contributed by atoms with Crippen LogP contribution in [0.1, 0.15) is 94.3 Å². The molecule has 4 aromatic rings. The third kappa shape index (κ3) is 16.8. The molecule has 0 bridgehead atoms. The van der Waals surface area contributed by atoms with Gasteiger partial charge in [0.25, 0.3) is 0 Å². The van der Waals surface area contributed by atoms with Crippen molar-refractivity contribution in [3.05, 3.63) is 143 Å². The van der Waals surface area contributed by atoms with Gasteiger partial charge in [-0.1, -0.05) is 60.7 Å². The van der Waals surface area contributed by atoms with Crippen molar-refractivity contribution in [2.24, 2.45) is 5.41 Å². The Labute approximate surface area is 379 Å². The van der Waals surface area contributed by atoms with E-state index in [-0.39, 0.29) is 39.3 Å². The highest BCUT2D eigenvalue weighted by Crippen LogP contribution is 2.35. The van der Waals surface area contributed by atoms with Crippen LogP contribution in [-0.2, 0) is 60.4 Å². The Kier molecular flexibility index (Phi) is 21.0. The molecule has 0 fully saturated rings. The molecule has 0 unspecified atom stereocenters. The van der Waals surface area contributed by atoms with Crippen LogP contribution >= 0.6 is 0 Å². The Morgan fingerprint density at radius 3 is 1.14 bits per heavy atom. The van der Waals surface area contributed by atoms with Gasteiger partial charge in [-0.25, -0.2) is 19.2 Å². The second kappa shape index (κ2) is 27.1. The molecule has 0 atom stereocenters. The van der Waals surface area contributed by atoms with E-state index in [0.717, 1.165) is 11.1 Å². The van der Waals surface area contributed by atoms with Crippen LogP contribution in [0.2, 0.25) is 0 Å². The number of unbranched alkanes of at least 4 members (excludes halogenated alkanes) is 6. The number of carbonyl (C=O) groups excluding carboxylic acids is 6. The van der Waals surface area contributed by atoms with Crippen molar-refractivity contribution < 1.29 is 57.2 Å². The first-order chi connectivity index (χ1) is 31.4. The Morgan fingerprint density at radius 2 is 0.800 bits per heavy atom. The smallest absolute Gasteiger partial charge is 0.338 e. The van der Waals surface area contributed by atoms with Gasteiger partial charge in [0.1, 0.15) is 0 Å². The third-order valence-corrected chi connectivity index (χ3v) is 10.4. The largest absolute Gasteiger partial charge is 0.466 e. The summed E-state index contributed by atoms with van der Waals surface area (Å²) in [4.78, 5) is 76.2. The highest BCUT2D eigenvalue weighted by molar-refractivity contribution is 6.01. The lowest BCUT2D eigenvalue weighted by Crippen LogP contribution is -2.46. The lowest BCUT2D eigenvalue weighted by Gasteiger charge is -2.30. The molecule has 65 heavy (non-hydrogen) atoms. The maximum atomic E-state index is 14.3. The van der Waals surface area contributed by atoms with Crippen LogP contribution in [0.5, 0.6) is 0 Å². The van der Waals surface area contributed by atoms with Crippen LogP contribution in [0.4, 0.5) is 11.4 Å². The molecule has 0 spiro atoms. The van der Waals surface area contributed by atoms with Gasteiger partial charge in [0.2, 0.25) is 0 Å². The lowest BCUT2D eigenvalue weighted by atomic mass is 9.75. The highest BCUT2D eigenvalue weighted by atomic mass is 16.6. The average Bonchev–Trinajstić information content (AvgIpc) is 3.32. The molecule has 4 aromatic carbocycles. The predicted molar refractivity (Wildman–Crippen MR) is 246 cm³/mol. The number of para-hydroxylation sites is 2. The molecule has 0 aliphatic carbocycles. The summed E-state index contributed by atoms with van der Waals surface area (Å²) in [5.41, 5.74) is 15.1. The molecule has 14 nitrogen and oxygen atoms in total. The SMILES string of the molecule is COC(=O)/C=C/c1ccc(C(=O)OCCCCCCOC(=O)C(Cc2ccccc2N)(Cc2ccccc2N)C(=O)OCCCCCCOC(=O)c2ccc(/C=C/C(=O)OC)cc2)cc1. The van der Waals surface area contributed by atoms with E-state index in [1.54, 1.807) is 109 Å². The summed E-state index contributed by atoms with van der Waals surface area (Å²) in [7, 11) is 2.59. The number of benzene rings is 4. The van der Waals surface area contributed by atoms with E-state index in [4.69, 9.17) is 30.4 Å². The number of esters is 6. The molecule has 0 saturated carbocycles. The minimum atomic E-state index is -1.81. The van der Waals surface area contributed by atoms with Gasteiger partial charge in [0.05, 0.1) is 51.8 Å². The summed E-state index contributed by atoms with van der Waals surface area (Å²) >= 11 is 0. The van der Waals surface area contributed by atoms with Gasteiger partial charge in [0.15, 0.2) is 5.41 Å². The zero-order chi connectivity index (χ0) is 46.9. The van der Waals surface area contributed by atoms with Crippen LogP contribution < -0.4 is 11.5 Å². The van der Waals surface area contributed by atoms with E-state index in [1.807, 2.05) is 0 Å². The van der Waals surface area contributed by atoms with E-state index in [2.05, 4.69) is 9.47 Å². The average molecular weight is 891 g/mol. The van der Waals surface area contributed by atoms with Crippen molar-refractivity contribution >= 4 is 59.3 Å². The van der Waals surface area contributed by atoms with Gasteiger partial charge in [-0.2, -0.15) is 0 Å². The minimum absolute atomic E-state index is 0.0449. The summed E-state index contributed by atoms with van der Waals surface area (Å²) in [6, 6.07) is 27.3. The van der Waals surface area contributed by atoms with E-state index < -0.39 is 41.2 Å². The van der Waals surface area contributed by atoms with Crippen molar-refractivity contribution in [3.63, 3.8) is 0 Å². The maximum Gasteiger partial charge on any atom is 0.338 e. The van der Waals surface area contributed by atoms with Gasteiger partial charge >= 0.3 is 35.8 Å². The molecule has 0 aromatic heterocycles. The van der Waals surface area contributed by atoms with Crippen LogP contribution in [0.3, 0.4) is 0 Å². The lowest BCUT2D eigenvalue weighted by molar-refractivity contribution is -0.173. The number of hydrogen-bond acceptors (Lipinski definition) is 14. The number of rotatable bonds is 26. The van der Waals surface area contributed by atoms with Crippen LogP contribution in [0, 0.1) is 5.41 Å². The Bertz CT molecular complexity index is 2090. The molecule has 14 heteroatoms. The van der Waals surface area contributed by atoms with Crippen molar-refractivity contribution in [1.82, 2.24) is 0 Å². The van der Waals surface area contributed by atoms with Crippen LogP contribution in [-0.4, -0.2) is 76.5 Å². The van der Waals surface area contributed by atoms with Crippen LogP contribution in [0.25, 0.3) is 12.2 Å². The van der Waals surface area contributed by atoms with E-state index >= 15 is 0 Å². The topological polar surface area (TPSA) is 210 Å². The molecule has 0 aliphatic rings. The van der Waals surface area contributed by atoms with Gasteiger partial charge in [-0.15, -0.1) is 0 Å². The molecular weight excluding hydrogens is 833 g/mol. The summed E-state index contributed by atoms with van der Waals surface area (Å²) in [6.07, 6.45) is 10.5. The molecule has 0 heterocycles. The van der Waals surface area contributed by atoms with Crippen LogP contribution in [0.15, 0.2) is 109 Å². The summed E-state index contributed by atoms with van der Waals surface area (Å²) in [5, 5.41) is 0. The Hall–Kier alpha value is -7.22. The molecule has 0 radical (unpaired) electrons. The van der Waals surface area contributed by atoms with Gasteiger partial charge < -0.3 is 39.9 Å². The van der Waals surface area contributed by atoms with Crippen molar-refractivity contribution in [3.8, 4) is 0 Å². The van der Waals surface area contributed by atoms with E-state index in [1.165, 1.54) is 26.4 Å². The molecular formula is C51H58N2O12. The van der Waals surface area contributed by atoms with Crippen molar-refractivity contribution in [1.29, 1.82) is 0 Å². The first kappa shape index (κ1) is 50.4. The monoisotopic (exact) mass is 890 g/mol. The number of anilines is 2. The number of nitrogens with two attached hydrogens (primary N) is 2. The fraction of sp³-hybridized carbons (Fsp3) is 0.333. The minimum Gasteiger partial charge on any atom is -0.466 e. The molecule has 0 aliphatic heterocycles. The number of ether oxygens (including phenoxy) is 6. The fourth-order valence-electron chi connectivity index (χ4n) is 6.62. The second-order valence-corrected chi connectivity index (χ2v) is 15.2. The number of hydrogen-bond donors (Lipinski definition) is 2. The molecule has 0 saturated heterocycles. The van der Waals surface area contributed by atoms with Gasteiger partial charge in [-0.3, -0.25) is 9.59 Å². The van der Waals surface area contributed by atoms with E-state index in [9.17, 15) is 28.8 Å². The second-order valence-electron chi connectivity index (χ2n) is 15.2. The zero-order valence-corrected chi connectivity index (χ0v) is 37.0. The molecule has 4 rings (SSSR count). The Morgan fingerprint density at radius 1 is 0.462 bits per heavy atom. The third-order valence-electron chi connectivity index (χ3n) is 10.4. The molecule has 344 valence electrons. The maximum absolute atomic E-state index is 14.3. The quantitative estimate of drug-likeness (QED) is 0.0153. The molecule has 0 amide bonds. The normalized spacial score (nSPS) is 11.2. The first-order valence-corrected chi connectivity index (χ1v) is 21.5. The van der Waals surface area contributed by atoms with Crippen molar-refractivity contribution in [2.75, 3.05) is 52.1 Å². The Balaban J connectivity index is 1.28. The molecule has 4 N–H and O–H groups in total. The van der Waals surface area contributed by atoms with Crippen molar-refractivity contribution in [2.45, 2.75) is 64.2 Å². The van der Waals surface area contributed by atoms with Gasteiger partial charge in [-0.05, 0) is 122 Å². The zero-order valence-electron chi connectivity index (χ0n) is 37.0.